The lowest BCUT2D eigenvalue weighted by atomic mass is 9.99. The standard InChI is InChI=1S/C34H29N3PS/c1-25-21-23-30(24-22-25)39-32-20-12-19-31(32)26(2)37-34(33(35-36-37)27-13-6-3-7-14-27)38(28-15-8-4-9-16-28)29-17-10-5-11-18-29/h3-24,26H,1-2H3/t26-/m0/s1. The fourth-order valence-corrected chi connectivity index (χ4v) is 8.37. The van der Waals surface area contributed by atoms with E-state index in [0.717, 1.165) is 16.7 Å². The number of rotatable bonds is 8. The van der Waals surface area contributed by atoms with Gasteiger partial charge in [-0.25, -0.2) is 4.68 Å². The molecule has 0 bridgehead atoms. The molecule has 1 fully saturated rings. The van der Waals surface area contributed by atoms with Gasteiger partial charge in [0.05, 0.1) is 11.5 Å². The quantitative estimate of drug-likeness (QED) is 0.196. The lowest BCUT2D eigenvalue weighted by Crippen LogP contribution is -2.32. The highest BCUT2D eigenvalue weighted by Crippen LogP contribution is 2.50. The predicted molar refractivity (Wildman–Crippen MR) is 165 cm³/mol. The molecule has 1 saturated carbocycles. The monoisotopic (exact) mass is 542 g/mol. The summed E-state index contributed by atoms with van der Waals surface area (Å²) < 4.78 is 2.17. The minimum Gasteiger partial charge on any atom is -0.240 e. The Morgan fingerprint density at radius 2 is 1.31 bits per heavy atom. The van der Waals surface area contributed by atoms with Crippen molar-refractivity contribution in [2.75, 3.05) is 0 Å². The molecular formula is C34H29N3PS. The van der Waals surface area contributed by atoms with Gasteiger partial charge in [-0.2, -0.15) is 0 Å². The minimum absolute atomic E-state index is 0.00494. The van der Waals surface area contributed by atoms with E-state index in [2.05, 4.69) is 147 Å². The number of benzene rings is 4. The van der Waals surface area contributed by atoms with Crippen LogP contribution in [0.5, 0.6) is 0 Å². The summed E-state index contributed by atoms with van der Waals surface area (Å²) in [5.74, 6) is 1.25. The number of hydrogen-bond donors (Lipinski definition) is 0. The maximum absolute atomic E-state index is 4.85. The fraction of sp³-hybridized carbons (Fsp3) is 0.0882. The molecule has 39 heavy (non-hydrogen) atoms. The Morgan fingerprint density at radius 3 is 1.92 bits per heavy atom. The van der Waals surface area contributed by atoms with Crippen LogP contribution in [0.2, 0.25) is 0 Å². The van der Waals surface area contributed by atoms with Crippen molar-refractivity contribution in [3.63, 3.8) is 0 Å². The van der Waals surface area contributed by atoms with E-state index in [-0.39, 0.29) is 6.04 Å². The van der Waals surface area contributed by atoms with Gasteiger partial charge in [0, 0.05) is 29.5 Å². The van der Waals surface area contributed by atoms with Gasteiger partial charge >= 0.3 is 0 Å². The molecule has 1 aromatic heterocycles. The summed E-state index contributed by atoms with van der Waals surface area (Å²) >= 11 is 1.81. The van der Waals surface area contributed by atoms with Crippen LogP contribution in [0, 0.1) is 37.4 Å². The van der Waals surface area contributed by atoms with Crippen LogP contribution in [-0.4, -0.2) is 15.0 Å². The van der Waals surface area contributed by atoms with Crippen molar-refractivity contribution in [3.05, 3.63) is 151 Å². The normalized spacial score (nSPS) is 15.2. The van der Waals surface area contributed by atoms with E-state index in [9.17, 15) is 0 Å². The molecule has 5 heteroatoms. The topological polar surface area (TPSA) is 30.7 Å². The fourth-order valence-electron chi connectivity index (χ4n) is 4.81. The van der Waals surface area contributed by atoms with Crippen molar-refractivity contribution >= 4 is 35.7 Å². The first-order valence-corrected chi connectivity index (χ1v) is 15.3. The molecule has 4 aromatic carbocycles. The van der Waals surface area contributed by atoms with E-state index in [4.69, 9.17) is 10.3 Å². The molecule has 0 saturated heterocycles. The molecular weight excluding hydrogens is 513 g/mol. The molecule has 1 atom stereocenters. The Balaban J connectivity index is 1.45. The summed E-state index contributed by atoms with van der Waals surface area (Å²) in [7, 11) is -0.913. The van der Waals surface area contributed by atoms with Crippen LogP contribution in [0.1, 0.15) is 18.5 Å². The van der Waals surface area contributed by atoms with Crippen LogP contribution >= 0.6 is 19.7 Å². The third kappa shape index (κ3) is 5.60. The van der Waals surface area contributed by atoms with Crippen LogP contribution in [0.25, 0.3) is 11.3 Å². The molecule has 1 heterocycles. The molecule has 0 aliphatic heterocycles. The molecule has 5 aromatic rings. The van der Waals surface area contributed by atoms with Crippen molar-refractivity contribution in [1.82, 2.24) is 15.0 Å². The molecule has 0 unspecified atom stereocenters. The van der Waals surface area contributed by atoms with Crippen molar-refractivity contribution in [1.29, 1.82) is 0 Å². The third-order valence-electron chi connectivity index (χ3n) is 6.83. The summed E-state index contributed by atoms with van der Waals surface area (Å²) in [6, 6.07) is 40.8. The average molecular weight is 543 g/mol. The van der Waals surface area contributed by atoms with E-state index in [1.807, 2.05) is 6.07 Å². The van der Waals surface area contributed by atoms with Crippen molar-refractivity contribution < 1.29 is 0 Å². The zero-order valence-electron chi connectivity index (χ0n) is 22.0. The van der Waals surface area contributed by atoms with Gasteiger partial charge in [0.2, 0.25) is 0 Å². The van der Waals surface area contributed by atoms with Crippen molar-refractivity contribution in [3.8, 4) is 11.3 Å². The van der Waals surface area contributed by atoms with Crippen LogP contribution in [-0.2, 0) is 0 Å². The van der Waals surface area contributed by atoms with Crippen LogP contribution in [0.3, 0.4) is 0 Å². The van der Waals surface area contributed by atoms with Crippen molar-refractivity contribution in [2.45, 2.75) is 24.8 Å². The lowest BCUT2D eigenvalue weighted by molar-refractivity contribution is 0.517. The van der Waals surface area contributed by atoms with Gasteiger partial charge in [0.15, 0.2) is 0 Å². The van der Waals surface area contributed by atoms with Gasteiger partial charge < -0.3 is 0 Å². The van der Waals surface area contributed by atoms with Crippen LogP contribution in [0.15, 0.2) is 120 Å². The summed E-state index contributed by atoms with van der Waals surface area (Å²) in [6.45, 7) is 4.36. The summed E-state index contributed by atoms with van der Waals surface area (Å²) in [5.41, 5.74) is 4.46. The zero-order chi connectivity index (χ0) is 26.6. The second-order valence-electron chi connectivity index (χ2n) is 9.52. The van der Waals surface area contributed by atoms with Gasteiger partial charge in [-0.3, -0.25) is 0 Å². The van der Waals surface area contributed by atoms with Gasteiger partial charge in [0.25, 0.3) is 0 Å². The summed E-state index contributed by atoms with van der Waals surface area (Å²) in [4.78, 5) is 1.24. The van der Waals surface area contributed by atoms with E-state index >= 15 is 0 Å². The summed E-state index contributed by atoms with van der Waals surface area (Å²) in [5, 5.41) is 13.5. The number of hydrogen-bond acceptors (Lipinski definition) is 3. The highest BCUT2D eigenvalue weighted by atomic mass is 32.2. The van der Waals surface area contributed by atoms with E-state index in [1.165, 1.54) is 32.2 Å². The molecule has 5 radical (unpaired) electrons. The highest BCUT2D eigenvalue weighted by molar-refractivity contribution is 8.02. The Hall–Kier alpha value is -3.20. The molecule has 0 N–H and O–H groups in total. The van der Waals surface area contributed by atoms with Gasteiger partial charge in [-0.15, -0.1) is 16.9 Å². The third-order valence-corrected chi connectivity index (χ3v) is 10.4. The van der Waals surface area contributed by atoms with E-state index < -0.39 is 7.92 Å². The molecule has 3 nitrogen and oxygen atoms in total. The van der Waals surface area contributed by atoms with Crippen molar-refractivity contribution in [2.24, 2.45) is 0 Å². The second-order valence-corrected chi connectivity index (χ2v) is 12.8. The van der Waals surface area contributed by atoms with Gasteiger partial charge in [-0.1, -0.05) is 114 Å². The maximum atomic E-state index is 4.85. The SMILES string of the molecule is Cc1ccc(S[C]2[CH][CH][CH][C]2[C@H](C)n2nnc(-c3ccccc3)c2P(c2ccccc2)c2ccccc2)cc1. The van der Waals surface area contributed by atoms with Gasteiger partial charge in [0.1, 0.15) is 5.69 Å². The molecule has 191 valence electrons. The summed E-state index contributed by atoms with van der Waals surface area (Å²) in [6.07, 6.45) is 6.58. The van der Waals surface area contributed by atoms with E-state index in [0.29, 0.717) is 0 Å². The molecule has 1 aliphatic rings. The average Bonchev–Trinajstić information content (AvgIpc) is 3.63. The smallest absolute Gasteiger partial charge is 0.121 e. The number of thioether (sulfide) groups is 1. The number of aryl methyl sites for hydroxylation is 1. The Labute approximate surface area is 237 Å². The zero-order valence-corrected chi connectivity index (χ0v) is 23.7. The first-order valence-electron chi connectivity index (χ1n) is 13.1. The molecule has 1 aliphatic carbocycles. The predicted octanol–water partition coefficient (Wildman–Crippen LogP) is 7.10. The molecule has 6 rings (SSSR count). The second kappa shape index (κ2) is 11.9. The van der Waals surface area contributed by atoms with E-state index in [1.54, 1.807) is 11.8 Å². The lowest BCUT2D eigenvalue weighted by Gasteiger charge is -2.28. The Kier molecular flexibility index (Phi) is 7.95. The Morgan fingerprint density at radius 1 is 0.718 bits per heavy atom. The number of nitrogens with zero attached hydrogens (tertiary/aromatic N) is 3. The van der Waals surface area contributed by atoms with Crippen LogP contribution < -0.4 is 16.0 Å². The first kappa shape index (κ1) is 26.0. The first-order chi connectivity index (χ1) is 19.2. The Bertz CT molecular complexity index is 1450. The minimum atomic E-state index is -0.913. The van der Waals surface area contributed by atoms with Crippen LogP contribution in [0.4, 0.5) is 0 Å². The van der Waals surface area contributed by atoms with Gasteiger partial charge in [-0.05, 0) is 55.9 Å². The molecule has 0 spiro atoms. The number of aromatic nitrogens is 3. The largest absolute Gasteiger partial charge is 0.240 e. The highest BCUT2D eigenvalue weighted by Gasteiger charge is 2.38. The molecule has 0 amide bonds. The maximum Gasteiger partial charge on any atom is 0.121 e.